The van der Waals surface area contributed by atoms with E-state index in [0.29, 0.717) is 6.04 Å². The van der Waals surface area contributed by atoms with Crippen LogP contribution in [0.15, 0.2) is 0 Å². The molecule has 0 atom stereocenters. The predicted octanol–water partition coefficient (Wildman–Crippen LogP) is 1.83. The third kappa shape index (κ3) is 2.19. The molecule has 0 radical (unpaired) electrons. The standard InChI is InChI=1S/C14H23N3O/c1-2-3-14-16-12-10-15-7-4-13(12)17(14)11-5-8-18-9-6-11/h11,15H,2-10H2,1H3. The number of nitrogens with one attached hydrogen (secondary N) is 1. The summed E-state index contributed by atoms with van der Waals surface area (Å²) in [6.07, 6.45) is 5.69. The molecule has 1 aromatic heterocycles. The summed E-state index contributed by atoms with van der Waals surface area (Å²) in [4.78, 5) is 4.88. The second-order valence-electron chi connectivity index (χ2n) is 5.31. The summed E-state index contributed by atoms with van der Waals surface area (Å²) in [6.45, 7) is 6.08. The van der Waals surface area contributed by atoms with Gasteiger partial charge < -0.3 is 14.6 Å². The Kier molecular flexibility index (Phi) is 3.66. The van der Waals surface area contributed by atoms with Gasteiger partial charge in [-0.1, -0.05) is 6.92 Å². The number of nitrogens with zero attached hydrogens (tertiary/aromatic N) is 2. The van der Waals surface area contributed by atoms with Crippen LogP contribution < -0.4 is 5.32 Å². The molecule has 2 aliphatic rings. The lowest BCUT2D eigenvalue weighted by Crippen LogP contribution is -2.28. The highest BCUT2D eigenvalue weighted by molar-refractivity contribution is 5.21. The van der Waals surface area contributed by atoms with E-state index in [1.807, 2.05) is 0 Å². The van der Waals surface area contributed by atoms with Crippen molar-refractivity contribution in [1.29, 1.82) is 0 Å². The number of ether oxygens (including phenoxy) is 1. The number of aryl methyl sites for hydroxylation is 1. The van der Waals surface area contributed by atoms with Crippen LogP contribution in [0.2, 0.25) is 0 Å². The minimum Gasteiger partial charge on any atom is -0.381 e. The van der Waals surface area contributed by atoms with Gasteiger partial charge in [0.15, 0.2) is 0 Å². The molecule has 4 nitrogen and oxygen atoms in total. The van der Waals surface area contributed by atoms with Gasteiger partial charge in [0.25, 0.3) is 0 Å². The molecule has 2 aliphatic heterocycles. The van der Waals surface area contributed by atoms with Crippen molar-refractivity contribution in [2.75, 3.05) is 19.8 Å². The molecule has 1 N–H and O–H groups in total. The molecule has 3 rings (SSSR count). The van der Waals surface area contributed by atoms with E-state index < -0.39 is 0 Å². The van der Waals surface area contributed by atoms with Gasteiger partial charge in [-0.05, 0) is 19.3 Å². The molecule has 0 saturated carbocycles. The Labute approximate surface area is 109 Å². The fourth-order valence-electron chi connectivity index (χ4n) is 3.16. The highest BCUT2D eigenvalue weighted by Crippen LogP contribution is 2.28. The molecule has 0 aromatic carbocycles. The van der Waals surface area contributed by atoms with Crippen LogP contribution in [-0.4, -0.2) is 29.3 Å². The number of imidazole rings is 1. The Morgan fingerprint density at radius 1 is 1.39 bits per heavy atom. The molecule has 3 heterocycles. The summed E-state index contributed by atoms with van der Waals surface area (Å²) in [7, 11) is 0. The highest BCUT2D eigenvalue weighted by atomic mass is 16.5. The van der Waals surface area contributed by atoms with Crippen molar-refractivity contribution in [2.24, 2.45) is 0 Å². The topological polar surface area (TPSA) is 39.1 Å². The van der Waals surface area contributed by atoms with Crippen molar-refractivity contribution < 1.29 is 4.74 Å². The van der Waals surface area contributed by atoms with Crippen molar-refractivity contribution >= 4 is 0 Å². The smallest absolute Gasteiger partial charge is 0.109 e. The normalized spacial score (nSPS) is 20.9. The van der Waals surface area contributed by atoms with Crippen molar-refractivity contribution in [3.8, 4) is 0 Å². The zero-order valence-corrected chi connectivity index (χ0v) is 11.2. The first-order valence-electron chi connectivity index (χ1n) is 7.27. The van der Waals surface area contributed by atoms with E-state index in [2.05, 4.69) is 16.8 Å². The van der Waals surface area contributed by atoms with E-state index in [0.717, 1.165) is 52.0 Å². The average molecular weight is 249 g/mol. The number of fused-ring (bicyclic) bond motifs is 1. The van der Waals surface area contributed by atoms with Gasteiger partial charge in [0.2, 0.25) is 0 Å². The van der Waals surface area contributed by atoms with Crippen LogP contribution in [0.5, 0.6) is 0 Å². The molecule has 1 fully saturated rings. The predicted molar refractivity (Wildman–Crippen MR) is 70.7 cm³/mol. The van der Waals surface area contributed by atoms with Crippen LogP contribution >= 0.6 is 0 Å². The first-order valence-corrected chi connectivity index (χ1v) is 7.27. The van der Waals surface area contributed by atoms with Crippen LogP contribution in [0.25, 0.3) is 0 Å². The summed E-state index contributed by atoms with van der Waals surface area (Å²) in [6, 6.07) is 0.620. The molecule has 0 aliphatic carbocycles. The van der Waals surface area contributed by atoms with E-state index in [4.69, 9.17) is 9.72 Å². The summed E-state index contributed by atoms with van der Waals surface area (Å²) in [5, 5.41) is 3.43. The summed E-state index contributed by atoms with van der Waals surface area (Å²) in [5.41, 5.74) is 2.78. The molecule has 0 bridgehead atoms. The van der Waals surface area contributed by atoms with E-state index >= 15 is 0 Å². The van der Waals surface area contributed by atoms with E-state index in [9.17, 15) is 0 Å². The van der Waals surface area contributed by atoms with Crippen molar-refractivity contribution in [2.45, 2.75) is 51.6 Å². The van der Waals surface area contributed by atoms with Crippen molar-refractivity contribution in [1.82, 2.24) is 14.9 Å². The van der Waals surface area contributed by atoms with Crippen LogP contribution in [0, 0.1) is 0 Å². The molecule has 18 heavy (non-hydrogen) atoms. The van der Waals surface area contributed by atoms with Crippen molar-refractivity contribution in [3.05, 3.63) is 17.2 Å². The van der Waals surface area contributed by atoms with E-state index in [-0.39, 0.29) is 0 Å². The number of aromatic nitrogens is 2. The Morgan fingerprint density at radius 3 is 3.00 bits per heavy atom. The number of hydrogen-bond acceptors (Lipinski definition) is 3. The van der Waals surface area contributed by atoms with Gasteiger partial charge >= 0.3 is 0 Å². The molecule has 1 saturated heterocycles. The first kappa shape index (κ1) is 12.2. The zero-order valence-electron chi connectivity index (χ0n) is 11.2. The Bertz CT molecular complexity index is 407. The molecule has 0 amide bonds. The molecular weight excluding hydrogens is 226 g/mol. The lowest BCUT2D eigenvalue weighted by Gasteiger charge is -2.28. The second kappa shape index (κ2) is 5.41. The Morgan fingerprint density at radius 2 is 2.22 bits per heavy atom. The van der Waals surface area contributed by atoms with Crippen LogP contribution in [-0.2, 0) is 24.1 Å². The maximum Gasteiger partial charge on any atom is 0.109 e. The van der Waals surface area contributed by atoms with Gasteiger partial charge in [-0.3, -0.25) is 0 Å². The van der Waals surface area contributed by atoms with Gasteiger partial charge in [-0.15, -0.1) is 0 Å². The van der Waals surface area contributed by atoms with Crippen LogP contribution in [0.3, 0.4) is 0 Å². The molecular formula is C14H23N3O. The van der Waals surface area contributed by atoms with Crippen LogP contribution in [0.1, 0.15) is 49.4 Å². The largest absolute Gasteiger partial charge is 0.381 e. The molecule has 100 valence electrons. The summed E-state index contributed by atoms with van der Waals surface area (Å²) >= 11 is 0. The zero-order chi connectivity index (χ0) is 12.4. The van der Waals surface area contributed by atoms with Gasteiger partial charge in [0.1, 0.15) is 5.82 Å². The third-order valence-electron chi connectivity index (χ3n) is 4.03. The molecule has 1 aromatic rings. The second-order valence-corrected chi connectivity index (χ2v) is 5.31. The van der Waals surface area contributed by atoms with E-state index in [1.54, 1.807) is 0 Å². The minimum atomic E-state index is 0.620. The Hall–Kier alpha value is -0.870. The lowest BCUT2D eigenvalue weighted by atomic mass is 10.1. The number of hydrogen-bond donors (Lipinski definition) is 1. The summed E-state index contributed by atoms with van der Waals surface area (Å²) < 4.78 is 8.05. The summed E-state index contributed by atoms with van der Waals surface area (Å²) in [5.74, 6) is 1.30. The van der Waals surface area contributed by atoms with Gasteiger partial charge in [-0.2, -0.15) is 0 Å². The quantitative estimate of drug-likeness (QED) is 0.888. The number of rotatable bonds is 3. The Balaban J connectivity index is 1.95. The average Bonchev–Trinajstić information content (AvgIpc) is 2.78. The molecule has 4 heteroatoms. The fraction of sp³-hybridized carbons (Fsp3) is 0.786. The van der Waals surface area contributed by atoms with Crippen molar-refractivity contribution in [3.63, 3.8) is 0 Å². The fourth-order valence-corrected chi connectivity index (χ4v) is 3.16. The first-order chi connectivity index (χ1) is 8.90. The van der Waals surface area contributed by atoms with Gasteiger partial charge in [-0.25, -0.2) is 4.98 Å². The minimum absolute atomic E-state index is 0.620. The van der Waals surface area contributed by atoms with Crippen LogP contribution in [0.4, 0.5) is 0 Å². The maximum absolute atomic E-state index is 5.50. The molecule has 0 unspecified atom stereocenters. The van der Waals surface area contributed by atoms with Gasteiger partial charge in [0.05, 0.1) is 5.69 Å². The van der Waals surface area contributed by atoms with E-state index in [1.165, 1.54) is 23.6 Å². The highest BCUT2D eigenvalue weighted by Gasteiger charge is 2.25. The molecule has 0 spiro atoms. The SMILES string of the molecule is CCCc1nc2c(n1C1CCOCC1)CCNC2. The lowest BCUT2D eigenvalue weighted by molar-refractivity contribution is 0.0680. The third-order valence-corrected chi connectivity index (χ3v) is 4.03. The van der Waals surface area contributed by atoms with Gasteiger partial charge in [0, 0.05) is 50.9 Å². The maximum atomic E-state index is 5.50. The monoisotopic (exact) mass is 249 g/mol.